The minimum Gasteiger partial charge on any atom is -0.405 e. The molecule has 0 fully saturated rings. The van der Waals surface area contributed by atoms with Crippen LogP contribution in [0.1, 0.15) is 19.4 Å². The topological polar surface area (TPSA) is 30.8 Å². The van der Waals surface area contributed by atoms with Crippen LogP contribution >= 0.6 is 0 Å². The Labute approximate surface area is 101 Å². The van der Waals surface area contributed by atoms with Gasteiger partial charge < -0.3 is 9.57 Å². The third-order valence-corrected chi connectivity index (χ3v) is 1.76. The zero-order chi connectivity index (χ0) is 13.8. The maximum absolute atomic E-state index is 13.4. The van der Waals surface area contributed by atoms with Gasteiger partial charge in [-0.05, 0) is 26.0 Å². The van der Waals surface area contributed by atoms with Crippen molar-refractivity contribution in [1.29, 1.82) is 0 Å². The largest absolute Gasteiger partial charge is 0.573 e. The van der Waals surface area contributed by atoms with E-state index in [1.807, 2.05) is 0 Å². The summed E-state index contributed by atoms with van der Waals surface area (Å²) in [4.78, 5) is 4.72. The molecule has 1 aromatic rings. The van der Waals surface area contributed by atoms with Crippen LogP contribution in [-0.2, 0) is 11.4 Å². The monoisotopic (exact) mass is 265 g/mol. The first-order chi connectivity index (χ1) is 8.29. The molecule has 100 valence electrons. The number of oxime groups is 1. The van der Waals surface area contributed by atoms with Gasteiger partial charge in [-0.1, -0.05) is 11.2 Å². The lowest BCUT2D eigenvalue weighted by molar-refractivity contribution is -0.275. The summed E-state index contributed by atoms with van der Waals surface area (Å²) in [5.41, 5.74) is 0.226. The molecule has 0 amide bonds. The quantitative estimate of drug-likeness (QED) is 0.473. The fraction of sp³-hybridized carbons (Fsp3) is 0.364. The van der Waals surface area contributed by atoms with Crippen molar-refractivity contribution in [3.8, 4) is 5.75 Å². The Hall–Kier alpha value is -1.79. The van der Waals surface area contributed by atoms with Gasteiger partial charge in [-0.2, -0.15) is 0 Å². The van der Waals surface area contributed by atoms with Gasteiger partial charge in [-0.25, -0.2) is 4.39 Å². The molecular weight excluding hydrogens is 254 g/mol. The molecule has 0 aliphatic rings. The van der Waals surface area contributed by atoms with Crippen LogP contribution in [0.25, 0.3) is 0 Å². The van der Waals surface area contributed by atoms with Crippen LogP contribution in [0.5, 0.6) is 5.75 Å². The zero-order valence-corrected chi connectivity index (χ0v) is 9.71. The molecule has 1 rings (SSSR count). The van der Waals surface area contributed by atoms with Crippen LogP contribution in [0.15, 0.2) is 23.4 Å². The Morgan fingerprint density at radius 3 is 2.50 bits per heavy atom. The molecule has 1 aromatic carbocycles. The number of nitrogens with zero attached hydrogens (tertiary/aromatic N) is 1. The minimum absolute atomic E-state index is 0.333. The highest BCUT2D eigenvalue weighted by Crippen LogP contribution is 2.28. The van der Waals surface area contributed by atoms with E-state index in [9.17, 15) is 17.6 Å². The summed E-state index contributed by atoms with van der Waals surface area (Å²) in [5.74, 6) is -1.48. The molecule has 0 bridgehead atoms. The van der Waals surface area contributed by atoms with Gasteiger partial charge in [0.1, 0.15) is 18.2 Å². The average Bonchev–Trinajstić information content (AvgIpc) is 2.19. The van der Waals surface area contributed by atoms with E-state index in [0.717, 1.165) is 18.2 Å². The van der Waals surface area contributed by atoms with E-state index in [-0.39, 0.29) is 5.56 Å². The van der Waals surface area contributed by atoms with Gasteiger partial charge in [0.2, 0.25) is 0 Å². The Kier molecular flexibility index (Phi) is 4.52. The molecule has 0 heterocycles. The Balaban J connectivity index is 2.90. The van der Waals surface area contributed by atoms with Crippen molar-refractivity contribution in [2.45, 2.75) is 26.8 Å². The Morgan fingerprint density at radius 2 is 1.94 bits per heavy atom. The lowest BCUT2D eigenvalue weighted by Gasteiger charge is -2.13. The van der Waals surface area contributed by atoms with Crippen LogP contribution < -0.4 is 4.74 Å². The van der Waals surface area contributed by atoms with Gasteiger partial charge in [-0.15, -0.1) is 13.2 Å². The molecule has 0 aliphatic carbocycles. The predicted molar refractivity (Wildman–Crippen MR) is 56.7 cm³/mol. The van der Waals surface area contributed by atoms with E-state index in [1.165, 1.54) is 0 Å². The van der Waals surface area contributed by atoms with Crippen molar-refractivity contribution in [3.63, 3.8) is 0 Å². The molecular formula is C11H11F4NO2. The molecule has 3 nitrogen and oxygen atoms in total. The molecule has 0 aromatic heterocycles. The molecule has 0 N–H and O–H groups in total. The molecule has 0 aliphatic heterocycles. The van der Waals surface area contributed by atoms with E-state index in [4.69, 9.17) is 4.84 Å². The highest BCUT2D eigenvalue weighted by molar-refractivity contribution is 5.78. The van der Waals surface area contributed by atoms with Crippen LogP contribution in [0.3, 0.4) is 0 Å². The second-order valence-electron chi connectivity index (χ2n) is 3.58. The van der Waals surface area contributed by atoms with Crippen molar-refractivity contribution in [2.75, 3.05) is 0 Å². The number of rotatable bonds is 4. The van der Waals surface area contributed by atoms with Crippen LogP contribution in [0.4, 0.5) is 17.6 Å². The molecule has 0 radical (unpaired) electrons. The van der Waals surface area contributed by atoms with E-state index in [0.29, 0.717) is 5.71 Å². The van der Waals surface area contributed by atoms with Crippen LogP contribution in [0.2, 0.25) is 0 Å². The van der Waals surface area contributed by atoms with Crippen molar-refractivity contribution >= 4 is 5.71 Å². The number of hydrogen-bond acceptors (Lipinski definition) is 3. The molecule has 18 heavy (non-hydrogen) atoms. The van der Waals surface area contributed by atoms with E-state index in [2.05, 4.69) is 9.89 Å². The smallest absolute Gasteiger partial charge is 0.405 e. The summed E-state index contributed by atoms with van der Waals surface area (Å²) in [6, 6.07) is 3.15. The van der Waals surface area contributed by atoms with E-state index in [1.54, 1.807) is 13.8 Å². The normalized spacial score (nSPS) is 11.0. The first kappa shape index (κ1) is 14.3. The highest BCUT2D eigenvalue weighted by atomic mass is 19.4. The van der Waals surface area contributed by atoms with Gasteiger partial charge in [0, 0.05) is 0 Å². The standard InChI is InChI=1S/C11H11F4NO2/c1-7(2)16-17-6-8-9(12)4-3-5-10(8)18-11(13,14)15/h3-5H,6H2,1-2H3. The molecule has 0 saturated carbocycles. The summed E-state index contributed by atoms with van der Waals surface area (Å²) in [7, 11) is 0. The number of benzene rings is 1. The lowest BCUT2D eigenvalue weighted by Crippen LogP contribution is -2.18. The highest BCUT2D eigenvalue weighted by Gasteiger charge is 2.32. The first-order valence-electron chi connectivity index (χ1n) is 4.96. The Bertz CT molecular complexity index is 439. The number of ether oxygens (including phenoxy) is 1. The summed E-state index contributed by atoms with van der Waals surface area (Å²) in [6.45, 7) is 2.83. The lowest BCUT2D eigenvalue weighted by atomic mass is 10.2. The molecule has 7 heteroatoms. The number of hydrogen-bond donors (Lipinski definition) is 0. The number of halogens is 4. The van der Waals surface area contributed by atoms with Crippen molar-refractivity contribution in [1.82, 2.24) is 0 Å². The summed E-state index contributed by atoms with van der Waals surface area (Å²) in [6.07, 6.45) is -4.88. The van der Waals surface area contributed by atoms with Gasteiger partial charge in [-0.3, -0.25) is 0 Å². The SMILES string of the molecule is CC(C)=NOCc1c(F)cccc1OC(F)(F)F. The Morgan fingerprint density at radius 1 is 1.28 bits per heavy atom. The summed E-state index contributed by atoms with van der Waals surface area (Å²) >= 11 is 0. The van der Waals surface area contributed by atoms with Gasteiger partial charge in [0.05, 0.1) is 11.3 Å². The van der Waals surface area contributed by atoms with E-state index < -0.39 is 24.5 Å². The van der Waals surface area contributed by atoms with E-state index >= 15 is 0 Å². The van der Waals surface area contributed by atoms with Gasteiger partial charge in [0.25, 0.3) is 0 Å². The summed E-state index contributed by atoms with van der Waals surface area (Å²) in [5, 5.41) is 3.51. The van der Waals surface area contributed by atoms with Gasteiger partial charge >= 0.3 is 6.36 Å². The zero-order valence-electron chi connectivity index (χ0n) is 9.71. The van der Waals surface area contributed by atoms with Crippen LogP contribution in [-0.4, -0.2) is 12.1 Å². The van der Waals surface area contributed by atoms with Crippen molar-refractivity contribution in [3.05, 3.63) is 29.6 Å². The fourth-order valence-corrected chi connectivity index (χ4v) is 1.13. The molecule has 0 atom stereocenters. The maximum atomic E-state index is 13.4. The molecule has 0 saturated heterocycles. The summed E-state index contributed by atoms with van der Waals surface area (Å²) < 4.78 is 53.3. The number of alkyl halides is 3. The second-order valence-corrected chi connectivity index (χ2v) is 3.58. The van der Waals surface area contributed by atoms with Crippen LogP contribution in [0, 0.1) is 5.82 Å². The molecule has 0 unspecified atom stereocenters. The first-order valence-corrected chi connectivity index (χ1v) is 4.96. The predicted octanol–water partition coefficient (Wildman–Crippen LogP) is 3.64. The molecule has 0 spiro atoms. The average molecular weight is 265 g/mol. The third kappa shape index (κ3) is 4.60. The van der Waals surface area contributed by atoms with Crippen molar-refractivity contribution < 1.29 is 27.1 Å². The fourth-order valence-electron chi connectivity index (χ4n) is 1.13. The maximum Gasteiger partial charge on any atom is 0.573 e. The minimum atomic E-state index is -4.88. The van der Waals surface area contributed by atoms with Gasteiger partial charge in [0.15, 0.2) is 0 Å². The third-order valence-electron chi connectivity index (χ3n) is 1.76. The van der Waals surface area contributed by atoms with Crippen molar-refractivity contribution in [2.24, 2.45) is 5.16 Å². The second kappa shape index (κ2) is 5.70.